The Balaban J connectivity index is 2.75. The molecule has 0 bridgehead atoms. The molecule has 0 radical (unpaired) electrons. The fourth-order valence-corrected chi connectivity index (χ4v) is 1.88. The molecular formula is C15H22N2OS. The molecule has 0 heterocycles. The molecule has 0 atom stereocenters. The van der Waals surface area contributed by atoms with Gasteiger partial charge in [-0.1, -0.05) is 55.9 Å². The van der Waals surface area contributed by atoms with Gasteiger partial charge in [0.1, 0.15) is 0 Å². The smallest absolute Gasteiger partial charge is 0.225 e. The number of hydrogen-bond donors (Lipinski definition) is 1. The van der Waals surface area contributed by atoms with E-state index in [1.165, 1.54) is 5.56 Å². The molecular weight excluding hydrogens is 256 g/mol. The van der Waals surface area contributed by atoms with Crippen molar-refractivity contribution in [2.75, 3.05) is 6.54 Å². The molecule has 0 saturated heterocycles. The molecule has 0 aromatic heterocycles. The summed E-state index contributed by atoms with van der Waals surface area (Å²) in [6.07, 6.45) is 0.569. The van der Waals surface area contributed by atoms with E-state index in [0.717, 1.165) is 5.56 Å². The van der Waals surface area contributed by atoms with Crippen molar-refractivity contribution in [2.45, 2.75) is 33.7 Å². The molecule has 19 heavy (non-hydrogen) atoms. The average molecular weight is 278 g/mol. The molecule has 104 valence electrons. The van der Waals surface area contributed by atoms with Crippen LogP contribution < -0.4 is 5.73 Å². The van der Waals surface area contributed by atoms with Crippen LogP contribution in [0.1, 0.15) is 31.4 Å². The summed E-state index contributed by atoms with van der Waals surface area (Å²) in [5.41, 5.74) is 7.87. The predicted molar refractivity (Wildman–Crippen MR) is 82.8 cm³/mol. The van der Waals surface area contributed by atoms with Crippen LogP contribution in [0.2, 0.25) is 0 Å². The van der Waals surface area contributed by atoms with Crippen LogP contribution >= 0.6 is 12.2 Å². The fraction of sp³-hybridized carbons (Fsp3) is 0.467. The van der Waals surface area contributed by atoms with Crippen molar-refractivity contribution in [3.8, 4) is 0 Å². The first-order valence-electron chi connectivity index (χ1n) is 6.52. The van der Waals surface area contributed by atoms with Crippen molar-refractivity contribution in [1.82, 2.24) is 4.90 Å². The van der Waals surface area contributed by atoms with Crippen LogP contribution in [0.3, 0.4) is 0 Å². The van der Waals surface area contributed by atoms with E-state index in [9.17, 15) is 4.79 Å². The maximum atomic E-state index is 12.2. The van der Waals surface area contributed by atoms with Gasteiger partial charge in [-0.15, -0.1) is 0 Å². The minimum absolute atomic E-state index is 0.0169. The zero-order valence-electron chi connectivity index (χ0n) is 11.8. The average Bonchev–Trinajstić information content (AvgIpc) is 2.35. The van der Waals surface area contributed by atoms with Gasteiger partial charge in [-0.3, -0.25) is 4.79 Å². The van der Waals surface area contributed by atoms with Crippen LogP contribution in [0, 0.1) is 12.8 Å². The van der Waals surface area contributed by atoms with E-state index < -0.39 is 0 Å². The number of rotatable bonds is 6. The first-order chi connectivity index (χ1) is 8.90. The van der Waals surface area contributed by atoms with Gasteiger partial charge in [0, 0.05) is 25.4 Å². The van der Waals surface area contributed by atoms with Crippen molar-refractivity contribution in [3.05, 3.63) is 35.4 Å². The maximum Gasteiger partial charge on any atom is 0.225 e. The molecule has 0 saturated carbocycles. The third-order valence-electron chi connectivity index (χ3n) is 2.93. The summed E-state index contributed by atoms with van der Waals surface area (Å²) in [5.74, 6) is 0.119. The Morgan fingerprint density at radius 3 is 2.37 bits per heavy atom. The van der Waals surface area contributed by atoms with Crippen LogP contribution in [-0.4, -0.2) is 22.3 Å². The minimum atomic E-state index is -0.0169. The molecule has 0 aliphatic rings. The number of hydrogen-bond acceptors (Lipinski definition) is 2. The second-order valence-corrected chi connectivity index (χ2v) is 5.64. The first-order valence-corrected chi connectivity index (χ1v) is 6.93. The van der Waals surface area contributed by atoms with Gasteiger partial charge in [0.25, 0.3) is 0 Å². The SMILES string of the molecule is Cc1ccc(CN(CCC(N)=S)C(=O)C(C)C)cc1. The van der Waals surface area contributed by atoms with E-state index in [4.69, 9.17) is 18.0 Å². The lowest BCUT2D eigenvalue weighted by Gasteiger charge is -2.24. The summed E-state index contributed by atoms with van der Waals surface area (Å²) in [5, 5.41) is 0. The summed E-state index contributed by atoms with van der Waals surface area (Å²) in [6.45, 7) is 7.06. The highest BCUT2D eigenvalue weighted by Crippen LogP contribution is 2.11. The predicted octanol–water partition coefficient (Wildman–Crippen LogP) is 2.66. The Morgan fingerprint density at radius 1 is 1.32 bits per heavy atom. The molecule has 0 aliphatic carbocycles. The molecule has 0 fully saturated rings. The molecule has 0 unspecified atom stereocenters. The van der Waals surface area contributed by atoms with Crippen LogP contribution in [-0.2, 0) is 11.3 Å². The van der Waals surface area contributed by atoms with Crippen molar-refractivity contribution < 1.29 is 4.79 Å². The van der Waals surface area contributed by atoms with Crippen LogP contribution in [0.15, 0.2) is 24.3 Å². The Morgan fingerprint density at radius 2 is 1.89 bits per heavy atom. The van der Waals surface area contributed by atoms with E-state index in [2.05, 4.69) is 24.3 Å². The summed E-state index contributed by atoms with van der Waals surface area (Å²) in [6, 6.07) is 8.22. The van der Waals surface area contributed by atoms with Crippen molar-refractivity contribution in [3.63, 3.8) is 0 Å². The van der Waals surface area contributed by atoms with E-state index >= 15 is 0 Å². The molecule has 1 aromatic carbocycles. The molecule has 2 N–H and O–H groups in total. The number of thiocarbonyl (C=S) groups is 1. The van der Waals surface area contributed by atoms with Gasteiger partial charge in [0.2, 0.25) is 5.91 Å². The second kappa shape index (κ2) is 7.24. The van der Waals surface area contributed by atoms with Crippen LogP contribution in [0.25, 0.3) is 0 Å². The van der Waals surface area contributed by atoms with E-state index in [-0.39, 0.29) is 11.8 Å². The summed E-state index contributed by atoms with van der Waals surface area (Å²) < 4.78 is 0. The Kier molecular flexibility index (Phi) is 5.96. The van der Waals surface area contributed by atoms with Gasteiger partial charge in [0.15, 0.2) is 0 Å². The van der Waals surface area contributed by atoms with E-state index in [1.807, 2.05) is 25.7 Å². The van der Waals surface area contributed by atoms with Crippen LogP contribution in [0.5, 0.6) is 0 Å². The normalized spacial score (nSPS) is 10.5. The van der Waals surface area contributed by atoms with Gasteiger partial charge in [-0.05, 0) is 12.5 Å². The quantitative estimate of drug-likeness (QED) is 0.814. The number of amides is 1. The minimum Gasteiger partial charge on any atom is -0.393 e. The molecule has 4 heteroatoms. The lowest BCUT2D eigenvalue weighted by molar-refractivity contribution is -0.135. The molecule has 1 amide bonds. The molecule has 0 spiro atoms. The number of aryl methyl sites for hydroxylation is 1. The van der Waals surface area contributed by atoms with Gasteiger partial charge in [-0.2, -0.15) is 0 Å². The topological polar surface area (TPSA) is 46.3 Å². The summed E-state index contributed by atoms with van der Waals surface area (Å²) in [4.78, 5) is 14.4. The lowest BCUT2D eigenvalue weighted by Crippen LogP contribution is -2.36. The highest BCUT2D eigenvalue weighted by molar-refractivity contribution is 7.80. The Labute approximate surface area is 120 Å². The monoisotopic (exact) mass is 278 g/mol. The number of carbonyl (C=O) groups is 1. The third-order valence-corrected chi connectivity index (χ3v) is 3.13. The van der Waals surface area contributed by atoms with E-state index in [0.29, 0.717) is 24.5 Å². The van der Waals surface area contributed by atoms with Gasteiger partial charge < -0.3 is 10.6 Å². The number of nitrogens with zero attached hydrogens (tertiary/aromatic N) is 1. The third kappa shape index (κ3) is 5.39. The van der Waals surface area contributed by atoms with Gasteiger partial charge in [0.05, 0.1) is 4.99 Å². The standard InChI is InChI=1S/C15H22N2OS/c1-11(2)15(18)17(9-8-14(16)19)10-13-6-4-12(3)5-7-13/h4-7,11H,8-10H2,1-3H3,(H2,16,19). The zero-order valence-corrected chi connectivity index (χ0v) is 12.7. The van der Waals surface area contributed by atoms with E-state index in [1.54, 1.807) is 0 Å². The maximum absolute atomic E-state index is 12.2. The zero-order chi connectivity index (χ0) is 14.4. The largest absolute Gasteiger partial charge is 0.393 e. The van der Waals surface area contributed by atoms with Gasteiger partial charge in [-0.25, -0.2) is 0 Å². The van der Waals surface area contributed by atoms with Crippen LogP contribution in [0.4, 0.5) is 0 Å². The summed E-state index contributed by atoms with van der Waals surface area (Å²) in [7, 11) is 0. The highest BCUT2D eigenvalue weighted by atomic mass is 32.1. The summed E-state index contributed by atoms with van der Waals surface area (Å²) >= 11 is 4.89. The van der Waals surface area contributed by atoms with Crippen molar-refractivity contribution >= 4 is 23.1 Å². The van der Waals surface area contributed by atoms with Crippen molar-refractivity contribution in [2.24, 2.45) is 11.7 Å². The van der Waals surface area contributed by atoms with Gasteiger partial charge >= 0.3 is 0 Å². The number of carbonyl (C=O) groups excluding carboxylic acids is 1. The fourth-order valence-electron chi connectivity index (χ4n) is 1.79. The lowest BCUT2D eigenvalue weighted by atomic mass is 10.1. The number of benzene rings is 1. The highest BCUT2D eigenvalue weighted by Gasteiger charge is 2.17. The second-order valence-electron chi connectivity index (χ2n) is 5.12. The molecule has 1 rings (SSSR count). The number of nitrogens with two attached hydrogens (primary N) is 1. The molecule has 3 nitrogen and oxygen atoms in total. The van der Waals surface area contributed by atoms with Crippen molar-refractivity contribution in [1.29, 1.82) is 0 Å². The Bertz CT molecular complexity index is 440. The Hall–Kier alpha value is -1.42. The molecule has 1 aromatic rings. The first kappa shape index (κ1) is 15.6. The molecule has 0 aliphatic heterocycles.